The number of hydrogen-bond donors (Lipinski definition) is 1. The minimum absolute atomic E-state index is 0.167. The molecule has 1 aromatic carbocycles. The van der Waals surface area contributed by atoms with E-state index in [4.69, 9.17) is 21.1 Å². The molecular weight excluding hydrogens is 294 g/mol. The van der Waals surface area contributed by atoms with Gasteiger partial charge in [-0.3, -0.25) is 0 Å². The first-order valence-corrected chi connectivity index (χ1v) is 7.07. The predicted octanol–water partition coefficient (Wildman–Crippen LogP) is 2.81. The summed E-state index contributed by atoms with van der Waals surface area (Å²) in [6.45, 7) is 3.97. The topological polar surface area (TPSA) is 69.4 Å². The van der Waals surface area contributed by atoms with Crippen LogP contribution in [0.3, 0.4) is 0 Å². The zero-order valence-corrected chi connectivity index (χ0v) is 12.8. The van der Waals surface area contributed by atoms with Gasteiger partial charge in [-0.1, -0.05) is 23.7 Å². The molecule has 0 amide bonds. The van der Waals surface area contributed by atoms with Crippen molar-refractivity contribution >= 4 is 11.6 Å². The summed E-state index contributed by atoms with van der Waals surface area (Å²) >= 11 is 6.27. The molecule has 0 bridgehead atoms. The summed E-state index contributed by atoms with van der Waals surface area (Å²) in [6, 6.07) is 3.76. The van der Waals surface area contributed by atoms with E-state index in [-0.39, 0.29) is 6.61 Å². The Hall–Kier alpha value is -1.79. The molecule has 1 aromatic heterocycles. The maximum atomic E-state index is 6.27. The Kier molecular flexibility index (Phi) is 5.83. The molecule has 0 unspecified atom stereocenters. The fourth-order valence-corrected chi connectivity index (χ4v) is 2.11. The minimum atomic E-state index is 0.167. The Morgan fingerprint density at radius 2 is 2.24 bits per heavy atom. The van der Waals surface area contributed by atoms with Crippen LogP contribution in [0.5, 0.6) is 11.5 Å². The molecule has 7 heteroatoms. The third kappa shape index (κ3) is 4.34. The SMILES string of the molecule is CCCNCc1cc(Cl)c(OCc2ncon2)c(OC)c1. The highest BCUT2D eigenvalue weighted by atomic mass is 35.5. The summed E-state index contributed by atoms with van der Waals surface area (Å²) in [5, 5.41) is 7.49. The lowest BCUT2D eigenvalue weighted by molar-refractivity contribution is 0.270. The van der Waals surface area contributed by atoms with E-state index in [1.54, 1.807) is 7.11 Å². The highest BCUT2D eigenvalue weighted by Crippen LogP contribution is 2.36. The molecule has 2 rings (SSSR count). The van der Waals surface area contributed by atoms with Crippen molar-refractivity contribution in [3.63, 3.8) is 0 Å². The summed E-state index contributed by atoms with van der Waals surface area (Å²) < 4.78 is 15.6. The molecule has 0 saturated heterocycles. The van der Waals surface area contributed by atoms with Gasteiger partial charge < -0.3 is 19.3 Å². The van der Waals surface area contributed by atoms with Gasteiger partial charge in [0.15, 0.2) is 18.1 Å². The summed E-state index contributed by atoms with van der Waals surface area (Å²) in [6.07, 6.45) is 2.33. The molecule has 0 spiro atoms. The number of hydrogen-bond acceptors (Lipinski definition) is 6. The Balaban J connectivity index is 2.09. The molecule has 114 valence electrons. The number of methoxy groups -OCH3 is 1. The first-order chi connectivity index (χ1) is 10.2. The number of halogens is 1. The Morgan fingerprint density at radius 3 is 2.90 bits per heavy atom. The second kappa shape index (κ2) is 7.85. The van der Waals surface area contributed by atoms with Gasteiger partial charge in [0.25, 0.3) is 0 Å². The molecule has 2 aromatic rings. The Labute approximate surface area is 128 Å². The Bertz CT molecular complexity index is 561. The van der Waals surface area contributed by atoms with E-state index in [9.17, 15) is 0 Å². The standard InChI is InChI=1S/C14H18ClN3O3/c1-3-4-16-7-10-5-11(15)14(12(6-10)19-2)20-8-13-17-9-21-18-13/h5-6,9,16H,3-4,7-8H2,1-2H3. The van der Waals surface area contributed by atoms with Crippen LogP contribution in [0.2, 0.25) is 5.02 Å². The molecule has 0 aliphatic heterocycles. The smallest absolute Gasteiger partial charge is 0.213 e. The maximum absolute atomic E-state index is 6.27. The number of ether oxygens (including phenoxy) is 2. The van der Waals surface area contributed by atoms with Crippen LogP contribution < -0.4 is 14.8 Å². The van der Waals surface area contributed by atoms with Crippen LogP contribution in [0.1, 0.15) is 24.7 Å². The lowest BCUT2D eigenvalue weighted by atomic mass is 10.2. The lowest BCUT2D eigenvalue weighted by Crippen LogP contribution is -2.14. The molecule has 0 aliphatic carbocycles. The number of aromatic nitrogens is 2. The molecular formula is C14H18ClN3O3. The molecule has 0 saturated carbocycles. The lowest BCUT2D eigenvalue weighted by Gasteiger charge is -2.13. The zero-order valence-electron chi connectivity index (χ0n) is 12.1. The van der Waals surface area contributed by atoms with Crippen LogP contribution in [0.4, 0.5) is 0 Å². The number of benzene rings is 1. The highest BCUT2D eigenvalue weighted by Gasteiger charge is 2.13. The van der Waals surface area contributed by atoms with Gasteiger partial charge in [-0.05, 0) is 30.7 Å². The molecule has 0 radical (unpaired) electrons. The van der Waals surface area contributed by atoms with E-state index in [1.165, 1.54) is 6.39 Å². The average Bonchev–Trinajstić information content (AvgIpc) is 2.99. The van der Waals surface area contributed by atoms with Crippen molar-refractivity contribution in [1.29, 1.82) is 0 Å². The summed E-state index contributed by atoms with van der Waals surface area (Å²) in [5.74, 6) is 1.50. The molecule has 1 N–H and O–H groups in total. The van der Waals surface area contributed by atoms with Gasteiger partial charge in [0.05, 0.1) is 12.1 Å². The van der Waals surface area contributed by atoms with E-state index >= 15 is 0 Å². The van der Waals surface area contributed by atoms with Crippen molar-refractivity contribution in [1.82, 2.24) is 15.5 Å². The average molecular weight is 312 g/mol. The van der Waals surface area contributed by atoms with Crippen molar-refractivity contribution in [2.24, 2.45) is 0 Å². The summed E-state index contributed by atoms with van der Waals surface area (Å²) in [4.78, 5) is 3.89. The van der Waals surface area contributed by atoms with Gasteiger partial charge in [0, 0.05) is 6.54 Å². The Morgan fingerprint density at radius 1 is 1.38 bits per heavy atom. The van der Waals surface area contributed by atoms with E-state index < -0.39 is 0 Å². The number of nitrogens with zero attached hydrogens (tertiary/aromatic N) is 2. The summed E-state index contributed by atoms with van der Waals surface area (Å²) in [7, 11) is 1.58. The molecule has 1 heterocycles. The van der Waals surface area contributed by atoms with Gasteiger partial charge in [-0.15, -0.1) is 0 Å². The maximum Gasteiger partial charge on any atom is 0.213 e. The van der Waals surface area contributed by atoms with Gasteiger partial charge >= 0.3 is 0 Å². The normalized spacial score (nSPS) is 10.6. The van der Waals surface area contributed by atoms with Gasteiger partial charge in [0.1, 0.15) is 0 Å². The monoisotopic (exact) mass is 311 g/mol. The minimum Gasteiger partial charge on any atom is -0.493 e. The second-order valence-corrected chi connectivity index (χ2v) is 4.83. The van der Waals surface area contributed by atoms with Crippen LogP contribution in [-0.2, 0) is 13.2 Å². The van der Waals surface area contributed by atoms with Crippen molar-refractivity contribution in [3.05, 3.63) is 34.9 Å². The van der Waals surface area contributed by atoms with Gasteiger partial charge in [0.2, 0.25) is 12.2 Å². The second-order valence-electron chi connectivity index (χ2n) is 4.42. The van der Waals surface area contributed by atoms with Crippen LogP contribution >= 0.6 is 11.6 Å². The fourth-order valence-electron chi connectivity index (χ4n) is 1.82. The number of rotatable bonds is 8. The largest absolute Gasteiger partial charge is 0.493 e. The van der Waals surface area contributed by atoms with Gasteiger partial charge in [-0.25, -0.2) is 0 Å². The van der Waals surface area contributed by atoms with Gasteiger partial charge in [-0.2, -0.15) is 4.98 Å². The van der Waals surface area contributed by atoms with Crippen molar-refractivity contribution < 1.29 is 14.0 Å². The van der Waals surface area contributed by atoms with Crippen molar-refractivity contribution in [2.75, 3.05) is 13.7 Å². The molecule has 0 fully saturated rings. The first-order valence-electron chi connectivity index (χ1n) is 6.69. The van der Waals surface area contributed by atoms with E-state index in [0.29, 0.717) is 22.3 Å². The van der Waals surface area contributed by atoms with E-state index in [1.807, 2.05) is 12.1 Å². The van der Waals surface area contributed by atoms with E-state index in [0.717, 1.165) is 25.1 Å². The first kappa shape index (κ1) is 15.6. The van der Waals surface area contributed by atoms with Crippen molar-refractivity contribution in [2.45, 2.75) is 26.5 Å². The fraction of sp³-hybridized carbons (Fsp3) is 0.429. The molecule has 6 nitrogen and oxygen atoms in total. The van der Waals surface area contributed by atoms with Crippen LogP contribution in [-0.4, -0.2) is 23.8 Å². The highest BCUT2D eigenvalue weighted by molar-refractivity contribution is 6.32. The van der Waals surface area contributed by atoms with E-state index in [2.05, 4.69) is 26.9 Å². The van der Waals surface area contributed by atoms with Crippen LogP contribution in [0.25, 0.3) is 0 Å². The quantitative estimate of drug-likeness (QED) is 0.756. The van der Waals surface area contributed by atoms with Crippen LogP contribution in [0, 0.1) is 0 Å². The summed E-state index contributed by atoms with van der Waals surface area (Å²) in [5.41, 5.74) is 1.04. The third-order valence-corrected chi connectivity index (χ3v) is 3.08. The number of nitrogens with one attached hydrogen (secondary N) is 1. The molecule has 0 atom stereocenters. The third-order valence-electron chi connectivity index (χ3n) is 2.80. The van der Waals surface area contributed by atoms with Crippen LogP contribution in [0.15, 0.2) is 23.0 Å². The zero-order chi connectivity index (χ0) is 15.1. The predicted molar refractivity (Wildman–Crippen MR) is 78.6 cm³/mol. The molecule has 0 aliphatic rings. The molecule has 21 heavy (non-hydrogen) atoms. The van der Waals surface area contributed by atoms with Crippen molar-refractivity contribution in [3.8, 4) is 11.5 Å².